The summed E-state index contributed by atoms with van der Waals surface area (Å²) >= 11 is 11.9. The van der Waals surface area contributed by atoms with Crippen LogP contribution in [-0.2, 0) is 11.3 Å². The second-order valence-electron chi connectivity index (χ2n) is 7.16. The smallest absolute Gasteiger partial charge is 0.277 e. The Balaban J connectivity index is 1.46. The fraction of sp³-hybridized carbons (Fsp3) is 0.0800. The van der Waals surface area contributed by atoms with Gasteiger partial charge in [-0.2, -0.15) is 10.4 Å². The summed E-state index contributed by atoms with van der Waals surface area (Å²) in [6.07, 6.45) is 3.53. The number of fused-ring (bicyclic) bond motifs is 1. The molecule has 1 N–H and O–H groups in total. The lowest BCUT2D eigenvalue weighted by atomic mass is 10.1. The predicted octanol–water partition coefficient (Wildman–Crippen LogP) is 5.40. The van der Waals surface area contributed by atoms with Gasteiger partial charge in [0.15, 0.2) is 6.61 Å². The van der Waals surface area contributed by atoms with Crippen LogP contribution < -0.4 is 10.2 Å². The molecule has 8 heteroatoms. The van der Waals surface area contributed by atoms with Crippen LogP contribution in [0.3, 0.4) is 0 Å². The number of halogens is 2. The lowest BCUT2D eigenvalue weighted by molar-refractivity contribution is -0.123. The third-order valence-corrected chi connectivity index (χ3v) is 5.47. The van der Waals surface area contributed by atoms with Gasteiger partial charge >= 0.3 is 0 Å². The van der Waals surface area contributed by atoms with Crippen molar-refractivity contribution >= 4 is 46.2 Å². The van der Waals surface area contributed by atoms with Gasteiger partial charge in [0, 0.05) is 34.2 Å². The van der Waals surface area contributed by atoms with E-state index in [1.54, 1.807) is 30.5 Å². The molecule has 0 aliphatic carbocycles. The molecule has 0 unspecified atom stereocenters. The van der Waals surface area contributed by atoms with E-state index >= 15 is 0 Å². The van der Waals surface area contributed by atoms with Crippen molar-refractivity contribution in [2.45, 2.75) is 6.54 Å². The average molecular weight is 477 g/mol. The first kappa shape index (κ1) is 22.4. The molecular formula is C25H18Cl2N4O2. The molecule has 0 fully saturated rings. The van der Waals surface area contributed by atoms with Crippen molar-refractivity contribution in [3.63, 3.8) is 0 Å². The minimum absolute atomic E-state index is 0.245. The zero-order valence-electron chi connectivity index (χ0n) is 17.3. The van der Waals surface area contributed by atoms with Gasteiger partial charge in [-0.05, 0) is 35.9 Å². The van der Waals surface area contributed by atoms with Crippen LogP contribution in [0.25, 0.3) is 10.9 Å². The van der Waals surface area contributed by atoms with Gasteiger partial charge in [-0.15, -0.1) is 0 Å². The van der Waals surface area contributed by atoms with Crippen molar-refractivity contribution in [2.24, 2.45) is 5.10 Å². The average Bonchev–Trinajstić information content (AvgIpc) is 3.16. The molecule has 164 valence electrons. The minimum Gasteiger partial charge on any atom is -0.482 e. The van der Waals surface area contributed by atoms with Gasteiger partial charge in [-0.3, -0.25) is 4.79 Å². The van der Waals surface area contributed by atoms with Crippen molar-refractivity contribution in [3.8, 4) is 11.8 Å². The number of nitriles is 1. The van der Waals surface area contributed by atoms with Gasteiger partial charge < -0.3 is 9.30 Å². The van der Waals surface area contributed by atoms with Crippen molar-refractivity contribution in [2.75, 3.05) is 6.61 Å². The van der Waals surface area contributed by atoms with Crippen LogP contribution in [0, 0.1) is 11.3 Å². The van der Waals surface area contributed by atoms with E-state index in [1.165, 1.54) is 0 Å². The van der Waals surface area contributed by atoms with Crippen molar-refractivity contribution < 1.29 is 9.53 Å². The van der Waals surface area contributed by atoms with Gasteiger partial charge in [0.05, 0.1) is 22.9 Å². The van der Waals surface area contributed by atoms with Gasteiger partial charge in [-0.25, -0.2) is 5.43 Å². The van der Waals surface area contributed by atoms with Crippen LogP contribution in [0.5, 0.6) is 5.75 Å². The van der Waals surface area contributed by atoms with E-state index in [4.69, 9.17) is 27.9 Å². The number of carbonyl (C=O) groups is 1. The van der Waals surface area contributed by atoms with Crippen LogP contribution in [0.1, 0.15) is 16.7 Å². The Morgan fingerprint density at radius 3 is 2.73 bits per heavy atom. The first-order chi connectivity index (χ1) is 16.0. The molecule has 4 aromatic rings. The molecule has 1 amide bonds. The van der Waals surface area contributed by atoms with E-state index in [2.05, 4.69) is 21.2 Å². The zero-order valence-corrected chi connectivity index (χ0v) is 18.8. The molecular weight excluding hydrogens is 459 g/mol. The quantitative estimate of drug-likeness (QED) is 0.286. The summed E-state index contributed by atoms with van der Waals surface area (Å²) in [7, 11) is 0. The van der Waals surface area contributed by atoms with E-state index < -0.39 is 5.91 Å². The van der Waals surface area contributed by atoms with E-state index in [-0.39, 0.29) is 6.61 Å². The topological polar surface area (TPSA) is 79.4 Å². The standard InChI is InChI=1S/C25H18Cl2N4O2/c26-20-9-10-24(22(27)11-20)33-16-25(32)30-29-13-19-15-31(23-8-4-3-7-21(19)23)14-18-6-2-1-5-17(18)12-28/h1-11,13,15H,14,16H2,(H,30,32)/b29-13-. The molecule has 4 rings (SSSR count). The number of aromatic nitrogens is 1. The minimum atomic E-state index is -0.427. The zero-order chi connectivity index (χ0) is 23.2. The maximum Gasteiger partial charge on any atom is 0.277 e. The summed E-state index contributed by atoms with van der Waals surface area (Å²) in [6, 6.07) is 22.4. The number of carbonyl (C=O) groups excluding carboxylic acids is 1. The first-order valence-corrected chi connectivity index (χ1v) is 10.8. The van der Waals surface area contributed by atoms with Gasteiger partial charge in [0.25, 0.3) is 5.91 Å². The molecule has 3 aromatic carbocycles. The van der Waals surface area contributed by atoms with Gasteiger partial charge in [0.2, 0.25) is 0 Å². The third-order valence-electron chi connectivity index (χ3n) is 4.94. The highest BCUT2D eigenvalue weighted by molar-refractivity contribution is 6.35. The van der Waals surface area contributed by atoms with Crippen molar-refractivity contribution in [3.05, 3.63) is 99.7 Å². The second-order valence-corrected chi connectivity index (χ2v) is 8.00. The fourth-order valence-corrected chi connectivity index (χ4v) is 3.86. The molecule has 0 aliphatic heterocycles. The van der Waals surface area contributed by atoms with Crippen molar-refractivity contribution in [1.29, 1.82) is 5.26 Å². The molecule has 0 atom stereocenters. The number of hydrogen-bond acceptors (Lipinski definition) is 4. The predicted molar refractivity (Wildman–Crippen MR) is 130 cm³/mol. The van der Waals surface area contributed by atoms with Crippen LogP contribution >= 0.6 is 23.2 Å². The third kappa shape index (κ3) is 5.35. The Labute approximate surface area is 200 Å². The number of hydrazone groups is 1. The van der Waals surface area contributed by atoms with Crippen LogP contribution in [-0.4, -0.2) is 23.3 Å². The summed E-state index contributed by atoms with van der Waals surface area (Å²) in [4.78, 5) is 12.1. The monoisotopic (exact) mass is 476 g/mol. The number of ether oxygens (including phenoxy) is 1. The van der Waals surface area contributed by atoms with Gasteiger partial charge in [-0.1, -0.05) is 59.6 Å². The molecule has 33 heavy (non-hydrogen) atoms. The van der Waals surface area contributed by atoms with E-state index in [9.17, 15) is 10.1 Å². The van der Waals surface area contributed by atoms with Crippen LogP contribution in [0.15, 0.2) is 78.0 Å². The Kier molecular flexibility index (Phi) is 6.94. The van der Waals surface area contributed by atoms with Crippen LogP contribution in [0.4, 0.5) is 0 Å². The number of para-hydroxylation sites is 1. The summed E-state index contributed by atoms with van der Waals surface area (Å²) in [5.74, 6) is -0.0649. The Morgan fingerprint density at radius 2 is 1.91 bits per heavy atom. The lowest BCUT2D eigenvalue weighted by Gasteiger charge is -2.07. The highest BCUT2D eigenvalue weighted by atomic mass is 35.5. The highest BCUT2D eigenvalue weighted by Crippen LogP contribution is 2.27. The SMILES string of the molecule is N#Cc1ccccc1Cn1cc(/C=N\NC(=O)COc2ccc(Cl)cc2Cl)c2ccccc21. The lowest BCUT2D eigenvalue weighted by Crippen LogP contribution is -2.24. The summed E-state index contributed by atoms with van der Waals surface area (Å²) < 4.78 is 7.47. The molecule has 0 radical (unpaired) electrons. The maximum atomic E-state index is 12.1. The molecule has 1 aromatic heterocycles. The van der Waals surface area contributed by atoms with E-state index in [0.717, 1.165) is 22.0 Å². The first-order valence-electron chi connectivity index (χ1n) is 10.0. The molecule has 1 heterocycles. The highest BCUT2D eigenvalue weighted by Gasteiger charge is 2.10. The molecule has 0 bridgehead atoms. The molecule has 0 saturated carbocycles. The number of hydrogen-bond donors (Lipinski definition) is 1. The molecule has 0 saturated heterocycles. The van der Waals surface area contributed by atoms with E-state index in [1.807, 2.05) is 48.7 Å². The van der Waals surface area contributed by atoms with E-state index in [0.29, 0.717) is 27.9 Å². The summed E-state index contributed by atoms with van der Waals surface area (Å²) in [5, 5.41) is 15.2. The maximum absolute atomic E-state index is 12.1. The number of benzene rings is 3. The Hall–Kier alpha value is -3.79. The van der Waals surface area contributed by atoms with Crippen LogP contribution in [0.2, 0.25) is 10.0 Å². The fourth-order valence-electron chi connectivity index (χ4n) is 3.40. The largest absolute Gasteiger partial charge is 0.482 e. The van der Waals surface area contributed by atoms with Gasteiger partial charge in [0.1, 0.15) is 5.75 Å². The molecule has 0 spiro atoms. The number of nitrogens with one attached hydrogen (secondary N) is 1. The summed E-state index contributed by atoms with van der Waals surface area (Å²) in [6.45, 7) is 0.297. The Morgan fingerprint density at radius 1 is 1.12 bits per heavy atom. The number of nitrogens with zero attached hydrogens (tertiary/aromatic N) is 3. The molecule has 6 nitrogen and oxygen atoms in total. The summed E-state index contributed by atoms with van der Waals surface area (Å²) in [5.41, 5.74) is 5.86. The normalized spacial score (nSPS) is 10.9. The molecule has 0 aliphatic rings. The Bertz CT molecular complexity index is 1390. The second kappa shape index (κ2) is 10.2. The number of rotatable bonds is 7. The number of amides is 1. The van der Waals surface area contributed by atoms with Crippen molar-refractivity contribution in [1.82, 2.24) is 9.99 Å².